The van der Waals surface area contributed by atoms with E-state index in [1.807, 2.05) is 72.8 Å². The lowest BCUT2D eigenvalue weighted by Crippen LogP contribution is -2.34. The molecule has 1 fully saturated rings. The van der Waals surface area contributed by atoms with Gasteiger partial charge < -0.3 is 14.2 Å². The van der Waals surface area contributed by atoms with Crippen molar-refractivity contribution in [3.05, 3.63) is 78.1 Å². The molecule has 3 heteroatoms. The van der Waals surface area contributed by atoms with Gasteiger partial charge in [-0.1, -0.05) is 30.3 Å². The molecule has 2 aromatic rings. The minimum atomic E-state index is -0.527. The first-order valence-corrected chi connectivity index (χ1v) is 8.38. The van der Waals surface area contributed by atoms with Gasteiger partial charge in [-0.15, -0.1) is 0 Å². The molecule has 1 atom stereocenters. The summed E-state index contributed by atoms with van der Waals surface area (Å²) in [7, 11) is 0. The number of ether oxygens (including phenoxy) is 3. The van der Waals surface area contributed by atoms with Crippen molar-refractivity contribution >= 4 is 6.08 Å². The molecule has 0 bridgehead atoms. The molecular weight excluding hydrogens is 300 g/mol. The third-order valence-corrected chi connectivity index (χ3v) is 4.23. The van der Waals surface area contributed by atoms with Gasteiger partial charge >= 0.3 is 0 Å². The molecule has 0 aliphatic carbocycles. The van der Waals surface area contributed by atoms with Crippen LogP contribution in [0.2, 0.25) is 0 Å². The molecule has 2 aliphatic rings. The Morgan fingerprint density at radius 1 is 0.917 bits per heavy atom. The van der Waals surface area contributed by atoms with E-state index in [1.54, 1.807) is 0 Å². The molecule has 0 saturated carbocycles. The normalized spacial score (nSPS) is 24.2. The zero-order chi connectivity index (χ0) is 16.2. The molecule has 4 rings (SSSR count). The van der Waals surface area contributed by atoms with Gasteiger partial charge in [-0.05, 0) is 60.9 Å². The van der Waals surface area contributed by atoms with Crippen molar-refractivity contribution in [3.63, 3.8) is 0 Å². The van der Waals surface area contributed by atoms with Crippen LogP contribution in [0.15, 0.2) is 72.5 Å². The molecule has 0 aromatic heterocycles. The minimum absolute atomic E-state index is 0.527. The van der Waals surface area contributed by atoms with Crippen molar-refractivity contribution in [3.8, 4) is 11.5 Å². The van der Waals surface area contributed by atoms with Crippen molar-refractivity contribution in [2.24, 2.45) is 0 Å². The number of allylic oxidation sites excluding steroid dienone is 1. The van der Waals surface area contributed by atoms with Crippen molar-refractivity contribution in [1.82, 2.24) is 0 Å². The van der Waals surface area contributed by atoms with Gasteiger partial charge in [0.1, 0.15) is 17.3 Å². The molecule has 1 unspecified atom stereocenters. The SMILES string of the molecule is C1=CC2(CCCCO2)O/C1=C\c1ccc(Oc2ccccc2)cc1. The van der Waals surface area contributed by atoms with E-state index in [4.69, 9.17) is 14.2 Å². The first kappa shape index (κ1) is 15.0. The molecule has 2 heterocycles. The Kier molecular flexibility index (Phi) is 4.09. The summed E-state index contributed by atoms with van der Waals surface area (Å²) in [6, 6.07) is 17.7. The van der Waals surface area contributed by atoms with E-state index < -0.39 is 5.79 Å². The van der Waals surface area contributed by atoms with Crippen LogP contribution in [-0.4, -0.2) is 12.4 Å². The predicted molar refractivity (Wildman–Crippen MR) is 93.7 cm³/mol. The van der Waals surface area contributed by atoms with Gasteiger partial charge in [0, 0.05) is 6.42 Å². The van der Waals surface area contributed by atoms with Crippen molar-refractivity contribution in [2.75, 3.05) is 6.61 Å². The highest BCUT2D eigenvalue weighted by Crippen LogP contribution is 2.35. The Balaban J connectivity index is 1.43. The average molecular weight is 320 g/mol. The maximum Gasteiger partial charge on any atom is 0.230 e. The molecular formula is C21H20O3. The van der Waals surface area contributed by atoms with Crippen LogP contribution < -0.4 is 4.74 Å². The fraction of sp³-hybridized carbons (Fsp3) is 0.238. The largest absolute Gasteiger partial charge is 0.459 e. The zero-order valence-corrected chi connectivity index (χ0v) is 13.5. The molecule has 3 nitrogen and oxygen atoms in total. The van der Waals surface area contributed by atoms with Gasteiger partial charge in [0.2, 0.25) is 5.79 Å². The molecule has 0 radical (unpaired) electrons. The highest BCUT2D eigenvalue weighted by atomic mass is 16.7. The number of hydrogen-bond donors (Lipinski definition) is 0. The number of rotatable bonds is 3. The van der Waals surface area contributed by atoms with E-state index in [-0.39, 0.29) is 0 Å². The van der Waals surface area contributed by atoms with Crippen molar-refractivity contribution in [1.29, 1.82) is 0 Å². The maximum atomic E-state index is 6.02. The van der Waals surface area contributed by atoms with Crippen LogP contribution >= 0.6 is 0 Å². The molecule has 122 valence electrons. The average Bonchev–Trinajstić information content (AvgIpc) is 3.00. The third kappa shape index (κ3) is 3.36. The quantitative estimate of drug-likeness (QED) is 0.767. The number of benzene rings is 2. The topological polar surface area (TPSA) is 27.7 Å². The van der Waals surface area contributed by atoms with Crippen LogP contribution in [0.4, 0.5) is 0 Å². The van der Waals surface area contributed by atoms with Gasteiger partial charge in [-0.2, -0.15) is 0 Å². The van der Waals surface area contributed by atoms with Crippen LogP contribution in [0.3, 0.4) is 0 Å². The number of hydrogen-bond acceptors (Lipinski definition) is 3. The smallest absolute Gasteiger partial charge is 0.230 e. The van der Waals surface area contributed by atoms with Crippen LogP contribution in [-0.2, 0) is 9.47 Å². The highest BCUT2D eigenvalue weighted by molar-refractivity contribution is 5.56. The Labute approximate surface area is 142 Å². The fourth-order valence-electron chi connectivity index (χ4n) is 2.98. The van der Waals surface area contributed by atoms with E-state index in [0.717, 1.165) is 48.7 Å². The minimum Gasteiger partial charge on any atom is -0.459 e. The first-order valence-electron chi connectivity index (χ1n) is 8.38. The van der Waals surface area contributed by atoms with Gasteiger partial charge in [0.05, 0.1) is 6.61 Å². The highest BCUT2D eigenvalue weighted by Gasteiger charge is 2.36. The van der Waals surface area contributed by atoms with Gasteiger partial charge in [-0.25, -0.2) is 0 Å². The second kappa shape index (κ2) is 6.54. The first-order chi connectivity index (χ1) is 11.8. The summed E-state index contributed by atoms with van der Waals surface area (Å²) in [4.78, 5) is 0. The Morgan fingerprint density at radius 2 is 1.71 bits per heavy atom. The van der Waals surface area contributed by atoms with E-state index >= 15 is 0 Å². The third-order valence-electron chi connectivity index (χ3n) is 4.23. The molecule has 24 heavy (non-hydrogen) atoms. The lowest BCUT2D eigenvalue weighted by molar-refractivity contribution is -0.191. The maximum absolute atomic E-state index is 6.02. The molecule has 2 aliphatic heterocycles. The summed E-state index contributed by atoms with van der Waals surface area (Å²) in [5.74, 6) is 1.97. The summed E-state index contributed by atoms with van der Waals surface area (Å²) in [5, 5.41) is 0. The zero-order valence-electron chi connectivity index (χ0n) is 13.5. The van der Waals surface area contributed by atoms with Crippen LogP contribution in [0.5, 0.6) is 11.5 Å². The molecule has 0 N–H and O–H groups in total. The Bertz CT molecular complexity index is 738. The Morgan fingerprint density at radius 3 is 2.46 bits per heavy atom. The summed E-state index contributed by atoms with van der Waals surface area (Å²) in [6.45, 7) is 0.767. The van der Waals surface area contributed by atoms with Crippen LogP contribution in [0, 0.1) is 0 Å². The lowest BCUT2D eigenvalue weighted by Gasteiger charge is -2.31. The van der Waals surface area contributed by atoms with Gasteiger partial charge in [-0.3, -0.25) is 0 Å². The molecule has 1 spiro atoms. The summed E-state index contributed by atoms with van der Waals surface area (Å²) in [5.41, 5.74) is 1.07. The summed E-state index contributed by atoms with van der Waals surface area (Å²) in [6.07, 6.45) is 9.23. The predicted octanol–water partition coefficient (Wildman–Crippen LogP) is 5.30. The van der Waals surface area contributed by atoms with Crippen molar-refractivity contribution < 1.29 is 14.2 Å². The second-order valence-electron chi connectivity index (χ2n) is 6.08. The van der Waals surface area contributed by atoms with E-state index in [1.165, 1.54) is 0 Å². The van der Waals surface area contributed by atoms with E-state index in [0.29, 0.717) is 0 Å². The van der Waals surface area contributed by atoms with Gasteiger partial charge in [0.25, 0.3) is 0 Å². The van der Waals surface area contributed by atoms with Gasteiger partial charge in [0.15, 0.2) is 0 Å². The summed E-state index contributed by atoms with van der Waals surface area (Å²) >= 11 is 0. The van der Waals surface area contributed by atoms with Crippen molar-refractivity contribution in [2.45, 2.75) is 25.0 Å². The standard InChI is InChI=1S/C21H20O3/c1-2-6-18(7-3-1)23-19-10-8-17(9-11-19)16-20-12-14-21(24-20)13-4-5-15-22-21/h1-3,6-12,14,16H,4-5,13,15H2/b20-16-. The molecule has 2 aromatic carbocycles. The van der Waals surface area contributed by atoms with Crippen LogP contribution in [0.25, 0.3) is 6.08 Å². The molecule has 0 amide bonds. The summed E-state index contributed by atoms with van der Waals surface area (Å²) < 4.78 is 17.6. The second-order valence-corrected chi connectivity index (χ2v) is 6.08. The van der Waals surface area contributed by atoms with E-state index in [2.05, 4.69) is 0 Å². The molecule has 1 saturated heterocycles. The fourth-order valence-corrected chi connectivity index (χ4v) is 2.98. The van der Waals surface area contributed by atoms with E-state index in [9.17, 15) is 0 Å². The number of para-hydroxylation sites is 1. The van der Waals surface area contributed by atoms with Crippen LogP contribution in [0.1, 0.15) is 24.8 Å². The lowest BCUT2D eigenvalue weighted by atomic mass is 10.1. The monoisotopic (exact) mass is 320 g/mol. The Hall–Kier alpha value is -2.52.